The highest BCUT2D eigenvalue weighted by Crippen LogP contribution is 2.39. The van der Waals surface area contributed by atoms with Gasteiger partial charge in [-0.2, -0.15) is 0 Å². The van der Waals surface area contributed by atoms with E-state index in [9.17, 15) is 0 Å². The van der Waals surface area contributed by atoms with E-state index in [4.69, 9.17) is 31.5 Å². The molecule has 2 aromatic carbocycles. The molecule has 4 N–H and O–H groups in total. The third-order valence-electron chi connectivity index (χ3n) is 3.97. The predicted molar refractivity (Wildman–Crippen MR) is 111 cm³/mol. The van der Waals surface area contributed by atoms with Crippen molar-refractivity contribution in [3.05, 3.63) is 47.7 Å². The number of methoxy groups -OCH3 is 3. The van der Waals surface area contributed by atoms with Gasteiger partial charge in [-0.1, -0.05) is 23.7 Å². The van der Waals surface area contributed by atoms with Crippen LogP contribution in [0.4, 0.5) is 28.7 Å². The smallest absolute Gasteiger partial charge is 0.159 e. The molecule has 0 aliphatic carbocycles. The molecular formula is C19H20ClN5O3. The molecule has 0 saturated heterocycles. The van der Waals surface area contributed by atoms with E-state index in [-0.39, 0.29) is 0 Å². The highest BCUT2D eigenvalue weighted by molar-refractivity contribution is 6.32. The second-order valence-corrected chi connectivity index (χ2v) is 6.03. The van der Waals surface area contributed by atoms with Crippen molar-refractivity contribution in [1.82, 2.24) is 9.97 Å². The summed E-state index contributed by atoms with van der Waals surface area (Å²) in [6, 6.07) is 10.8. The van der Waals surface area contributed by atoms with E-state index in [0.717, 1.165) is 5.69 Å². The Bertz CT molecular complexity index is 984. The molecule has 0 radical (unpaired) electrons. The number of para-hydroxylation sites is 2. The third kappa shape index (κ3) is 3.96. The lowest BCUT2D eigenvalue weighted by Crippen LogP contribution is -2.06. The van der Waals surface area contributed by atoms with Crippen molar-refractivity contribution in [2.24, 2.45) is 0 Å². The summed E-state index contributed by atoms with van der Waals surface area (Å²) in [5.41, 5.74) is 7.90. The van der Waals surface area contributed by atoms with Crippen LogP contribution in [0.1, 0.15) is 0 Å². The van der Waals surface area contributed by atoms with Gasteiger partial charge >= 0.3 is 0 Å². The zero-order chi connectivity index (χ0) is 20.1. The number of nitrogens with two attached hydrogens (primary N) is 1. The third-order valence-corrected chi connectivity index (χ3v) is 4.27. The molecule has 0 unspecified atom stereocenters. The number of nitrogens with one attached hydrogen (secondary N) is 2. The summed E-state index contributed by atoms with van der Waals surface area (Å²) < 4.78 is 15.9. The lowest BCUT2D eigenvalue weighted by atomic mass is 10.2. The summed E-state index contributed by atoms with van der Waals surface area (Å²) in [6.45, 7) is 0. The normalized spacial score (nSPS) is 10.3. The minimum absolute atomic E-state index is 0.322. The van der Waals surface area contributed by atoms with Gasteiger partial charge in [0.15, 0.2) is 11.6 Å². The van der Waals surface area contributed by atoms with E-state index in [1.165, 1.54) is 13.4 Å². The number of ether oxygens (including phenoxy) is 3. The van der Waals surface area contributed by atoms with Gasteiger partial charge in [0, 0.05) is 6.07 Å². The molecule has 8 nitrogen and oxygen atoms in total. The van der Waals surface area contributed by atoms with E-state index in [0.29, 0.717) is 45.3 Å². The Kier molecular flexibility index (Phi) is 5.90. The quantitative estimate of drug-likeness (QED) is 0.540. The lowest BCUT2D eigenvalue weighted by molar-refractivity contribution is 0.396. The fourth-order valence-electron chi connectivity index (χ4n) is 2.56. The van der Waals surface area contributed by atoms with Gasteiger partial charge in [0.05, 0.1) is 37.7 Å². The van der Waals surface area contributed by atoms with Gasteiger partial charge in [-0.05, 0) is 18.2 Å². The van der Waals surface area contributed by atoms with Gasteiger partial charge in [-0.15, -0.1) is 0 Å². The first-order valence-corrected chi connectivity index (χ1v) is 8.64. The lowest BCUT2D eigenvalue weighted by Gasteiger charge is -2.16. The number of hydrogen-bond donors (Lipinski definition) is 3. The van der Waals surface area contributed by atoms with E-state index in [2.05, 4.69) is 20.6 Å². The van der Waals surface area contributed by atoms with Crippen LogP contribution in [0.2, 0.25) is 5.02 Å². The summed E-state index contributed by atoms with van der Waals surface area (Å²) >= 11 is 6.23. The number of rotatable bonds is 7. The van der Waals surface area contributed by atoms with E-state index in [1.54, 1.807) is 26.4 Å². The average Bonchev–Trinajstić information content (AvgIpc) is 2.71. The Hall–Kier alpha value is -3.39. The Balaban J connectivity index is 1.93. The zero-order valence-corrected chi connectivity index (χ0v) is 16.4. The van der Waals surface area contributed by atoms with Crippen molar-refractivity contribution >= 4 is 40.3 Å². The van der Waals surface area contributed by atoms with Crippen LogP contribution in [-0.2, 0) is 0 Å². The van der Waals surface area contributed by atoms with E-state index in [1.807, 2.05) is 24.3 Å². The van der Waals surface area contributed by atoms with E-state index >= 15 is 0 Å². The van der Waals surface area contributed by atoms with Crippen LogP contribution in [0.15, 0.2) is 42.7 Å². The first kappa shape index (κ1) is 19.4. The maximum absolute atomic E-state index is 6.27. The van der Waals surface area contributed by atoms with Crippen LogP contribution in [0, 0.1) is 0 Å². The van der Waals surface area contributed by atoms with Crippen LogP contribution in [0.25, 0.3) is 0 Å². The molecule has 0 spiro atoms. The maximum atomic E-state index is 6.27. The molecule has 0 atom stereocenters. The molecule has 3 aromatic rings. The molecule has 0 saturated carbocycles. The molecule has 3 rings (SSSR count). The summed E-state index contributed by atoms with van der Waals surface area (Å²) in [5.74, 6) is 2.52. The highest BCUT2D eigenvalue weighted by Gasteiger charge is 2.15. The molecule has 1 heterocycles. The number of hydrogen-bond acceptors (Lipinski definition) is 8. The second-order valence-electron chi connectivity index (χ2n) is 5.62. The van der Waals surface area contributed by atoms with Crippen LogP contribution >= 0.6 is 11.6 Å². The zero-order valence-electron chi connectivity index (χ0n) is 15.6. The molecular weight excluding hydrogens is 382 g/mol. The number of halogens is 1. The van der Waals surface area contributed by atoms with Gasteiger partial charge in [0.25, 0.3) is 0 Å². The summed E-state index contributed by atoms with van der Waals surface area (Å²) in [4.78, 5) is 8.44. The maximum Gasteiger partial charge on any atom is 0.159 e. The Morgan fingerprint density at radius 3 is 2.07 bits per heavy atom. The standard InChI is InChI=1S/C19H20ClN5O3/c1-26-14-7-5-4-6-12(14)24-18-17(21)19(23-10-22-18)25-13-8-11(20)15(27-2)9-16(13)28-3/h4-10H,21H2,1-3H3,(H2,22,23,24,25). The number of nitrogen functional groups attached to an aromatic ring is 1. The van der Waals surface area contributed by atoms with Crippen LogP contribution < -0.4 is 30.6 Å². The topological polar surface area (TPSA) is 104 Å². The Morgan fingerprint density at radius 1 is 0.821 bits per heavy atom. The summed E-state index contributed by atoms with van der Waals surface area (Å²) in [5, 5.41) is 6.71. The van der Waals surface area contributed by atoms with Crippen molar-refractivity contribution < 1.29 is 14.2 Å². The molecule has 146 valence electrons. The minimum Gasteiger partial charge on any atom is -0.495 e. The Labute approximate surface area is 167 Å². The van der Waals surface area contributed by atoms with Gasteiger partial charge < -0.3 is 30.6 Å². The largest absolute Gasteiger partial charge is 0.495 e. The molecule has 0 amide bonds. The van der Waals surface area contributed by atoms with Crippen LogP contribution in [0.5, 0.6) is 17.2 Å². The van der Waals surface area contributed by atoms with Crippen molar-refractivity contribution in [3.63, 3.8) is 0 Å². The molecule has 1 aromatic heterocycles. The highest BCUT2D eigenvalue weighted by atomic mass is 35.5. The summed E-state index contributed by atoms with van der Waals surface area (Å²) in [6.07, 6.45) is 1.40. The van der Waals surface area contributed by atoms with Gasteiger partial charge in [-0.25, -0.2) is 9.97 Å². The first-order valence-electron chi connectivity index (χ1n) is 8.26. The Morgan fingerprint density at radius 2 is 1.43 bits per heavy atom. The molecule has 28 heavy (non-hydrogen) atoms. The van der Waals surface area contributed by atoms with Crippen LogP contribution in [-0.4, -0.2) is 31.3 Å². The predicted octanol–water partition coefficient (Wildman–Crippen LogP) is 4.23. The van der Waals surface area contributed by atoms with Crippen molar-refractivity contribution in [1.29, 1.82) is 0 Å². The van der Waals surface area contributed by atoms with E-state index < -0.39 is 0 Å². The number of nitrogens with zero attached hydrogens (tertiary/aromatic N) is 2. The van der Waals surface area contributed by atoms with Gasteiger partial charge in [0.1, 0.15) is 29.3 Å². The van der Waals surface area contributed by atoms with Crippen molar-refractivity contribution in [2.75, 3.05) is 37.7 Å². The minimum atomic E-state index is 0.322. The SMILES string of the molecule is COc1cc(OC)c(Nc2ncnc(Nc3ccccc3OC)c2N)cc1Cl. The second kappa shape index (κ2) is 8.53. The summed E-state index contributed by atoms with van der Waals surface area (Å²) in [7, 11) is 4.67. The first-order chi connectivity index (χ1) is 13.6. The number of benzene rings is 2. The molecule has 9 heteroatoms. The fraction of sp³-hybridized carbons (Fsp3) is 0.158. The molecule has 0 aliphatic rings. The monoisotopic (exact) mass is 401 g/mol. The van der Waals surface area contributed by atoms with Crippen LogP contribution in [0.3, 0.4) is 0 Å². The van der Waals surface area contributed by atoms with Gasteiger partial charge in [-0.3, -0.25) is 0 Å². The fourth-order valence-corrected chi connectivity index (χ4v) is 2.80. The molecule has 0 aliphatic heterocycles. The number of anilines is 5. The average molecular weight is 402 g/mol. The van der Waals surface area contributed by atoms with Gasteiger partial charge in [0.2, 0.25) is 0 Å². The molecule has 0 bridgehead atoms. The van der Waals surface area contributed by atoms with Crippen molar-refractivity contribution in [3.8, 4) is 17.2 Å². The molecule has 0 fully saturated rings. The van der Waals surface area contributed by atoms with Crippen molar-refractivity contribution in [2.45, 2.75) is 0 Å². The number of aromatic nitrogens is 2.